The van der Waals surface area contributed by atoms with Crippen molar-refractivity contribution in [2.45, 2.75) is 71.5 Å². The van der Waals surface area contributed by atoms with Gasteiger partial charge in [0.2, 0.25) is 5.91 Å². The van der Waals surface area contributed by atoms with Gasteiger partial charge < -0.3 is 20.3 Å². The number of carboxylic acids is 1. The number of para-hydroxylation sites is 1. The molecule has 0 bridgehead atoms. The number of hydrogen-bond acceptors (Lipinski definition) is 4. The van der Waals surface area contributed by atoms with Crippen LogP contribution in [0.4, 0.5) is 4.79 Å². The molecular formula is C26H34N4O5. The van der Waals surface area contributed by atoms with Crippen molar-refractivity contribution >= 4 is 34.7 Å². The van der Waals surface area contributed by atoms with Gasteiger partial charge in [-0.05, 0) is 43.2 Å². The highest BCUT2D eigenvalue weighted by Crippen LogP contribution is 2.45. The van der Waals surface area contributed by atoms with Crippen molar-refractivity contribution in [2.24, 2.45) is 11.8 Å². The monoisotopic (exact) mass is 482 g/mol. The minimum Gasteiger partial charge on any atom is -0.480 e. The van der Waals surface area contributed by atoms with Gasteiger partial charge in [0.05, 0.1) is 5.69 Å². The number of benzene rings is 1. The van der Waals surface area contributed by atoms with E-state index < -0.39 is 41.4 Å². The van der Waals surface area contributed by atoms with Gasteiger partial charge in [-0.2, -0.15) is 0 Å². The molecule has 3 N–H and O–H groups in total. The summed E-state index contributed by atoms with van der Waals surface area (Å²) in [5, 5.41) is 13.3. The van der Waals surface area contributed by atoms with Crippen LogP contribution in [-0.4, -0.2) is 62.3 Å². The topological polar surface area (TPSA) is 123 Å². The fraction of sp³-hybridized carbons (Fsp3) is 0.538. The van der Waals surface area contributed by atoms with Crippen molar-refractivity contribution in [1.82, 2.24) is 20.1 Å². The Kier molecular flexibility index (Phi) is 6.38. The van der Waals surface area contributed by atoms with Crippen LogP contribution in [0.5, 0.6) is 0 Å². The van der Waals surface area contributed by atoms with E-state index in [1.54, 1.807) is 13.8 Å². The third-order valence-corrected chi connectivity index (χ3v) is 7.58. The number of carbonyl (C=O) groups is 4. The molecule has 1 aromatic carbocycles. The lowest BCUT2D eigenvalue weighted by Crippen LogP contribution is -2.55. The number of rotatable bonds is 8. The summed E-state index contributed by atoms with van der Waals surface area (Å²) in [4.78, 5) is 58.9. The normalized spacial score (nSPS) is 22.2. The molecule has 1 fully saturated rings. The molecule has 9 nitrogen and oxygen atoms in total. The van der Waals surface area contributed by atoms with Gasteiger partial charge >= 0.3 is 12.0 Å². The molecule has 0 aliphatic carbocycles. The maximum atomic E-state index is 14.0. The van der Waals surface area contributed by atoms with E-state index in [0.717, 1.165) is 21.4 Å². The summed E-state index contributed by atoms with van der Waals surface area (Å²) < 4.78 is 0. The number of urea groups is 1. The van der Waals surface area contributed by atoms with Gasteiger partial charge in [0.1, 0.15) is 12.1 Å². The SMILES string of the molecule is CCC(C)C(NC(=O)C(CC(C)C)N1C(=O)N2CCc3c([nH]c4ccccc34)C2(C)C1=O)C(=O)O. The minimum atomic E-state index is -1.26. The van der Waals surface area contributed by atoms with Crippen LogP contribution >= 0.6 is 0 Å². The van der Waals surface area contributed by atoms with Crippen LogP contribution in [-0.2, 0) is 26.3 Å². The average Bonchev–Trinajstić information content (AvgIpc) is 3.29. The summed E-state index contributed by atoms with van der Waals surface area (Å²) in [6.45, 7) is 9.49. The number of carbonyl (C=O) groups excluding carboxylic acids is 3. The van der Waals surface area contributed by atoms with Gasteiger partial charge in [-0.25, -0.2) is 14.5 Å². The molecule has 3 heterocycles. The highest BCUT2D eigenvalue weighted by atomic mass is 16.4. The van der Waals surface area contributed by atoms with E-state index in [-0.39, 0.29) is 18.3 Å². The van der Waals surface area contributed by atoms with E-state index >= 15 is 0 Å². The predicted octanol–water partition coefficient (Wildman–Crippen LogP) is 3.23. The molecule has 0 radical (unpaired) electrons. The van der Waals surface area contributed by atoms with E-state index in [9.17, 15) is 24.3 Å². The second-order valence-electron chi connectivity index (χ2n) is 10.3. The molecule has 2 aliphatic rings. The molecule has 0 saturated carbocycles. The molecule has 188 valence electrons. The summed E-state index contributed by atoms with van der Waals surface area (Å²) >= 11 is 0. The fourth-order valence-corrected chi connectivity index (χ4v) is 5.40. The summed E-state index contributed by atoms with van der Waals surface area (Å²) in [5.41, 5.74) is 1.32. The van der Waals surface area contributed by atoms with E-state index in [1.807, 2.05) is 45.0 Å². The van der Waals surface area contributed by atoms with Crippen LogP contribution in [0.1, 0.15) is 58.7 Å². The maximum absolute atomic E-state index is 14.0. The lowest BCUT2D eigenvalue weighted by molar-refractivity contribution is -0.145. The van der Waals surface area contributed by atoms with Gasteiger partial charge in [-0.1, -0.05) is 52.3 Å². The van der Waals surface area contributed by atoms with Crippen LogP contribution in [0.3, 0.4) is 0 Å². The lowest BCUT2D eigenvalue weighted by atomic mass is 9.86. The Morgan fingerprint density at radius 3 is 2.51 bits per heavy atom. The number of amides is 4. The smallest absolute Gasteiger partial charge is 0.328 e. The van der Waals surface area contributed by atoms with Crippen molar-refractivity contribution in [3.8, 4) is 0 Å². The number of aromatic nitrogens is 1. The van der Waals surface area contributed by atoms with Gasteiger partial charge in [0.15, 0.2) is 5.54 Å². The minimum absolute atomic E-state index is 0.00713. The van der Waals surface area contributed by atoms with Crippen molar-refractivity contribution in [3.05, 3.63) is 35.5 Å². The van der Waals surface area contributed by atoms with Gasteiger partial charge in [-0.3, -0.25) is 9.59 Å². The van der Waals surface area contributed by atoms with Crippen LogP contribution in [0.2, 0.25) is 0 Å². The summed E-state index contributed by atoms with van der Waals surface area (Å²) in [7, 11) is 0. The third kappa shape index (κ3) is 3.86. The Labute approximate surface area is 204 Å². The number of carboxylic acid groups (broad SMARTS) is 1. The quantitative estimate of drug-likeness (QED) is 0.499. The first-order chi connectivity index (χ1) is 16.5. The number of hydrogen-bond donors (Lipinski definition) is 3. The molecule has 0 spiro atoms. The number of imide groups is 1. The van der Waals surface area contributed by atoms with Crippen LogP contribution in [0, 0.1) is 11.8 Å². The Morgan fingerprint density at radius 2 is 1.89 bits per heavy atom. The number of nitrogens with one attached hydrogen (secondary N) is 2. The van der Waals surface area contributed by atoms with Crippen LogP contribution in [0.15, 0.2) is 24.3 Å². The second-order valence-corrected chi connectivity index (χ2v) is 10.3. The zero-order chi connectivity index (χ0) is 25.7. The number of aromatic amines is 1. The van der Waals surface area contributed by atoms with Crippen molar-refractivity contribution in [1.29, 1.82) is 0 Å². The largest absolute Gasteiger partial charge is 0.480 e. The fourth-order valence-electron chi connectivity index (χ4n) is 5.40. The Hall–Kier alpha value is -3.36. The van der Waals surface area contributed by atoms with Crippen molar-refractivity contribution in [2.75, 3.05) is 6.54 Å². The summed E-state index contributed by atoms with van der Waals surface area (Å²) in [6.07, 6.45) is 1.39. The maximum Gasteiger partial charge on any atom is 0.328 e. The number of fused-ring (bicyclic) bond motifs is 5. The third-order valence-electron chi connectivity index (χ3n) is 7.58. The molecule has 1 saturated heterocycles. The standard InChI is InChI=1S/C26H34N4O5/c1-6-15(4)20(23(32)33)28-22(31)19(13-14(2)3)30-24(34)26(5)21-17(11-12-29(26)25(30)35)16-9-7-8-10-18(16)27-21/h7-10,14-15,19-20,27H,6,11-13H2,1-5H3,(H,28,31)(H,32,33). The lowest BCUT2D eigenvalue weighted by Gasteiger charge is -2.36. The highest BCUT2D eigenvalue weighted by molar-refractivity contribution is 6.11. The molecule has 4 rings (SSSR count). The first-order valence-electron chi connectivity index (χ1n) is 12.3. The molecule has 4 atom stereocenters. The Morgan fingerprint density at radius 1 is 1.20 bits per heavy atom. The highest BCUT2D eigenvalue weighted by Gasteiger charge is 2.60. The van der Waals surface area contributed by atoms with Crippen LogP contribution in [0.25, 0.3) is 10.9 Å². The van der Waals surface area contributed by atoms with Gasteiger partial charge in [-0.15, -0.1) is 0 Å². The Bertz CT molecular complexity index is 1190. The molecule has 4 amide bonds. The molecule has 2 aliphatic heterocycles. The number of H-pyrrole nitrogens is 1. The molecular weight excluding hydrogens is 448 g/mol. The van der Waals surface area contributed by atoms with E-state index in [2.05, 4.69) is 10.3 Å². The molecule has 35 heavy (non-hydrogen) atoms. The van der Waals surface area contributed by atoms with E-state index in [1.165, 1.54) is 4.90 Å². The molecule has 2 aromatic rings. The first kappa shape index (κ1) is 24.8. The zero-order valence-corrected chi connectivity index (χ0v) is 20.9. The zero-order valence-electron chi connectivity index (χ0n) is 20.9. The number of aliphatic carboxylic acids is 1. The summed E-state index contributed by atoms with van der Waals surface area (Å²) in [6, 6.07) is 5.08. The van der Waals surface area contributed by atoms with Crippen molar-refractivity contribution < 1.29 is 24.3 Å². The average molecular weight is 483 g/mol. The number of nitrogens with zero attached hydrogens (tertiary/aromatic N) is 2. The van der Waals surface area contributed by atoms with Gasteiger partial charge in [0.25, 0.3) is 5.91 Å². The molecule has 1 aromatic heterocycles. The predicted molar refractivity (Wildman–Crippen MR) is 131 cm³/mol. The second kappa shape index (κ2) is 9.02. The Balaban J connectivity index is 1.73. The first-order valence-corrected chi connectivity index (χ1v) is 12.3. The van der Waals surface area contributed by atoms with E-state index in [0.29, 0.717) is 25.1 Å². The van der Waals surface area contributed by atoms with Crippen molar-refractivity contribution in [3.63, 3.8) is 0 Å². The van der Waals surface area contributed by atoms with E-state index in [4.69, 9.17) is 0 Å². The molecule has 4 unspecified atom stereocenters. The summed E-state index contributed by atoms with van der Waals surface area (Å²) in [5.74, 6) is -2.53. The molecule has 9 heteroatoms. The van der Waals surface area contributed by atoms with Gasteiger partial charge in [0, 0.05) is 17.4 Å². The van der Waals surface area contributed by atoms with Crippen LogP contribution < -0.4 is 5.32 Å².